The number of hydrogen-bond acceptors (Lipinski definition) is 3. The number of carbonyl (C=O) groups excluding carboxylic acids is 2. The SMILES string of the molecule is CC1CC1C(=O)NCCC(=O)Nc1c2c(nn1-c1ccccc1)CCC2. The van der Waals surface area contributed by atoms with Crippen LogP contribution in [0.5, 0.6) is 0 Å². The number of rotatable bonds is 6. The van der Waals surface area contributed by atoms with Crippen molar-refractivity contribution < 1.29 is 9.59 Å². The molecular weight excluding hydrogens is 328 g/mol. The van der Waals surface area contributed by atoms with Crippen LogP contribution in [0.25, 0.3) is 5.69 Å². The number of carbonyl (C=O) groups is 2. The van der Waals surface area contributed by atoms with Crippen molar-refractivity contribution in [3.8, 4) is 5.69 Å². The van der Waals surface area contributed by atoms with E-state index >= 15 is 0 Å². The zero-order chi connectivity index (χ0) is 18.1. The predicted octanol–water partition coefficient (Wildman–Crippen LogP) is 2.46. The van der Waals surface area contributed by atoms with E-state index in [2.05, 4.69) is 17.6 Å². The molecule has 2 aliphatic carbocycles. The van der Waals surface area contributed by atoms with Gasteiger partial charge in [-0.15, -0.1) is 0 Å². The number of para-hydroxylation sites is 1. The Morgan fingerprint density at radius 2 is 2.00 bits per heavy atom. The molecule has 0 aliphatic heterocycles. The average Bonchev–Trinajstić information content (AvgIpc) is 3.05. The molecule has 26 heavy (non-hydrogen) atoms. The summed E-state index contributed by atoms with van der Waals surface area (Å²) in [5.41, 5.74) is 3.14. The van der Waals surface area contributed by atoms with Gasteiger partial charge in [-0.2, -0.15) is 5.10 Å². The molecule has 136 valence electrons. The number of nitrogens with zero attached hydrogens (tertiary/aromatic N) is 2. The number of hydrogen-bond donors (Lipinski definition) is 2. The quantitative estimate of drug-likeness (QED) is 0.838. The van der Waals surface area contributed by atoms with E-state index in [0.29, 0.717) is 12.5 Å². The molecule has 0 spiro atoms. The summed E-state index contributed by atoms with van der Waals surface area (Å²) in [6.07, 6.45) is 4.19. The molecule has 0 radical (unpaired) electrons. The fourth-order valence-electron chi connectivity index (χ4n) is 3.59. The summed E-state index contributed by atoms with van der Waals surface area (Å²) in [6, 6.07) is 9.84. The molecule has 0 bridgehead atoms. The smallest absolute Gasteiger partial charge is 0.227 e. The maximum Gasteiger partial charge on any atom is 0.227 e. The lowest BCUT2D eigenvalue weighted by Crippen LogP contribution is -2.29. The minimum atomic E-state index is -0.0964. The molecular formula is C20H24N4O2. The first kappa shape index (κ1) is 16.8. The second-order valence-corrected chi connectivity index (χ2v) is 7.28. The molecule has 6 heteroatoms. The van der Waals surface area contributed by atoms with Gasteiger partial charge in [-0.1, -0.05) is 25.1 Å². The van der Waals surface area contributed by atoms with Crippen molar-refractivity contribution in [1.29, 1.82) is 0 Å². The number of anilines is 1. The number of nitrogens with one attached hydrogen (secondary N) is 2. The molecule has 1 aromatic carbocycles. The zero-order valence-corrected chi connectivity index (χ0v) is 15.0. The fourth-order valence-corrected chi connectivity index (χ4v) is 3.59. The van der Waals surface area contributed by atoms with Crippen LogP contribution >= 0.6 is 0 Å². The molecule has 2 N–H and O–H groups in total. The third-order valence-corrected chi connectivity index (χ3v) is 5.26. The molecule has 2 amide bonds. The summed E-state index contributed by atoms with van der Waals surface area (Å²) in [7, 11) is 0. The van der Waals surface area contributed by atoms with Gasteiger partial charge in [0.2, 0.25) is 11.8 Å². The minimum Gasteiger partial charge on any atom is -0.355 e. The van der Waals surface area contributed by atoms with Gasteiger partial charge in [-0.25, -0.2) is 4.68 Å². The molecule has 2 aromatic rings. The summed E-state index contributed by atoms with van der Waals surface area (Å²) in [5.74, 6) is 1.37. The Morgan fingerprint density at radius 1 is 1.23 bits per heavy atom. The molecule has 1 heterocycles. The lowest BCUT2D eigenvalue weighted by molar-refractivity contribution is -0.122. The van der Waals surface area contributed by atoms with Gasteiger partial charge < -0.3 is 10.6 Å². The maximum absolute atomic E-state index is 12.4. The van der Waals surface area contributed by atoms with Crippen LogP contribution in [0.15, 0.2) is 30.3 Å². The van der Waals surface area contributed by atoms with E-state index in [0.717, 1.165) is 48.4 Å². The molecule has 2 aliphatic rings. The van der Waals surface area contributed by atoms with Crippen molar-refractivity contribution in [2.24, 2.45) is 11.8 Å². The van der Waals surface area contributed by atoms with E-state index in [1.807, 2.05) is 35.0 Å². The molecule has 0 saturated heterocycles. The van der Waals surface area contributed by atoms with E-state index in [9.17, 15) is 9.59 Å². The normalized spacial score (nSPS) is 20.5. The molecule has 2 atom stereocenters. The van der Waals surface area contributed by atoms with Crippen molar-refractivity contribution in [3.63, 3.8) is 0 Å². The van der Waals surface area contributed by atoms with Crippen molar-refractivity contribution in [3.05, 3.63) is 41.6 Å². The monoisotopic (exact) mass is 352 g/mol. The van der Waals surface area contributed by atoms with Gasteiger partial charge in [0.05, 0.1) is 11.4 Å². The largest absolute Gasteiger partial charge is 0.355 e. The minimum absolute atomic E-state index is 0.0699. The second-order valence-electron chi connectivity index (χ2n) is 7.28. The summed E-state index contributed by atoms with van der Waals surface area (Å²) < 4.78 is 1.83. The Kier molecular flexibility index (Phi) is 4.49. The highest BCUT2D eigenvalue weighted by molar-refractivity contribution is 5.91. The Hall–Kier alpha value is -2.63. The number of fused-ring (bicyclic) bond motifs is 1. The molecule has 1 fully saturated rings. The number of amides is 2. The molecule has 2 unspecified atom stereocenters. The van der Waals surface area contributed by atoms with Crippen LogP contribution < -0.4 is 10.6 Å². The Labute approximate surface area is 153 Å². The fraction of sp³-hybridized carbons (Fsp3) is 0.450. The average molecular weight is 352 g/mol. The molecule has 1 saturated carbocycles. The van der Waals surface area contributed by atoms with E-state index < -0.39 is 0 Å². The summed E-state index contributed by atoms with van der Waals surface area (Å²) in [6.45, 7) is 2.44. The molecule has 6 nitrogen and oxygen atoms in total. The lowest BCUT2D eigenvalue weighted by atomic mass is 10.2. The summed E-state index contributed by atoms with van der Waals surface area (Å²) >= 11 is 0. The summed E-state index contributed by atoms with van der Waals surface area (Å²) in [5, 5.41) is 10.6. The third-order valence-electron chi connectivity index (χ3n) is 5.26. The molecule has 4 rings (SSSR count). The number of aryl methyl sites for hydroxylation is 1. The number of benzene rings is 1. The van der Waals surface area contributed by atoms with Crippen molar-refractivity contribution >= 4 is 17.6 Å². The van der Waals surface area contributed by atoms with Gasteiger partial charge in [0, 0.05) is 24.4 Å². The highest BCUT2D eigenvalue weighted by Gasteiger charge is 2.38. The molecule has 1 aromatic heterocycles. The Morgan fingerprint density at radius 3 is 2.73 bits per heavy atom. The summed E-state index contributed by atoms with van der Waals surface area (Å²) in [4.78, 5) is 24.3. The van der Waals surface area contributed by atoms with Crippen molar-refractivity contribution in [2.75, 3.05) is 11.9 Å². The topological polar surface area (TPSA) is 76.0 Å². The van der Waals surface area contributed by atoms with E-state index in [-0.39, 0.29) is 24.2 Å². The highest BCUT2D eigenvalue weighted by Crippen LogP contribution is 2.37. The van der Waals surface area contributed by atoms with Crippen LogP contribution in [0.3, 0.4) is 0 Å². The van der Waals surface area contributed by atoms with Gasteiger partial charge in [-0.05, 0) is 43.7 Å². The highest BCUT2D eigenvalue weighted by atomic mass is 16.2. The van der Waals surface area contributed by atoms with Crippen LogP contribution in [0.1, 0.15) is 37.4 Å². The van der Waals surface area contributed by atoms with Gasteiger partial charge in [0.25, 0.3) is 0 Å². The standard InChI is InChI=1S/C20H24N4O2/c1-13-12-16(13)20(26)21-11-10-18(25)22-19-15-8-5-9-17(15)23-24(19)14-6-3-2-4-7-14/h2-4,6-7,13,16H,5,8-12H2,1H3,(H,21,26)(H,22,25). The van der Waals surface area contributed by atoms with E-state index in [1.54, 1.807) is 0 Å². The van der Waals surface area contributed by atoms with Gasteiger partial charge in [0.1, 0.15) is 5.82 Å². The third kappa shape index (κ3) is 3.36. The number of aromatic nitrogens is 2. The predicted molar refractivity (Wildman–Crippen MR) is 99.1 cm³/mol. The first-order chi connectivity index (χ1) is 12.6. The van der Waals surface area contributed by atoms with Gasteiger partial charge >= 0.3 is 0 Å². The Bertz CT molecular complexity index is 828. The first-order valence-corrected chi connectivity index (χ1v) is 9.37. The second kappa shape index (κ2) is 6.94. The van der Waals surface area contributed by atoms with E-state index in [4.69, 9.17) is 5.10 Å². The first-order valence-electron chi connectivity index (χ1n) is 9.37. The van der Waals surface area contributed by atoms with Gasteiger partial charge in [0.15, 0.2) is 0 Å². The van der Waals surface area contributed by atoms with Crippen LogP contribution in [0.4, 0.5) is 5.82 Å². The van der Waals surface area contributed by atoms with Crippen molar-refractivity contribution in [1.82, 2.24) is 15.1 Å². The van der Waals surface area contributed by atoms with E-state index in [1.165, 1.54) is 0 Å². The van der Waals surface area contributed by atoms with Crippen molar-refractivity contribution in [2.45, 2.75) is 39.0 Å². The van der Waals surface area contributed by atoms with Gasteiger partial charge in [-0.3, -0.25) is 9.59 Å². The van der Waals surface area contributed by atoms with Crippen LogP contribution in [-0.4, -0.2) is 28.1 Å². The van der Waals surface area contributed by atoms with Crippen LogP contribution in [0.2, 0.25) is 0 Å². The van der Waals surface area contributed by atoms with Crippen LogP contribution in [0, 0.1) is 11.8 Å². The maximum atomic E-state index is 12.4. The Balaban J connectivity index is 1.42. The lowest BCUT2D eigenvalue weighted by Gasteiger charge is -2.11. The van der Waals surface area contributed by atoms with Crippen LogP contribution in [-0.2, 0) is 22.4 Å². The zero-order valence-electron chi connectivity index (χ0n) is 15.0.